The fraction of sp³-hybridized carbons (Fsp3) is 0.857. The van der Waals surface area contributed by atoms with Crippen molar-refractivity contribution in [2.75, 3.05) is 13.2 Å². The Morgan fingerprint density at radius 2 is 1.16 bits per heavy atom. The van der Waals surface area contributed by atoms with E-state index in [1.54, 1.807) is 0 Å². The molecule has 5 heteroatoms. The van der Waals surface area contributed by atoms with E-state index in [9.17, 15) is 9.59 Å². The normalized spacial score (nSPS) is 9.79. The van der Waals surface area contributed by atoms with Gasteiger partial charge in [-0.15, -0.1) is 0 Å². The van der Waals surface area contributed by atoms with Crippen molar-refractivity contribution in [3.8, 4) is 0 Å². The molecule has 0 aromatic heterocycles. The van der Waals surface area contributed by atoms with Crippen LogP contribution in [-0.2, 0) is 36.2 Å². The van der Waals surface area contributed by atoms with E-state index in [4.69, 9.17) is 9.47 Å². The van der Waals surface area contributed by atoms with E-state index in [-0.39, 0.29) is 29.1 Å². The first-order chi connectivity index (χ1) is 9.13. The Balaban J connectivity index is 2.99. The van der Waals surface area contributed by atoms with Gasteiger partial charge in [-0.2, -0.15) is 0 Å². The molecule has 0 unspecified atom stereocenters. The maximum absolute atomic E-state index is 10.5. The van der Waals surface area contributed by atoms with Crippen LogP contribution in [0.15, 0.2) is 0 Å². The van der Waals surface area contributed by atoms with E-state index < -0.39 is 0 Å². The predicted molar refractivity (Wildman–Crippen MR) is 70.6 cm³/mol. The molecule has 19 heavy (non-hydrogen) atoms. The molecule has 108 valence electrons. The molecule has 0 aliphatic carbocycles. The van der Waals surface area contributed by atoms with Crippen molar-refractivity contribution in [1.82, 2.24) is 0 Å². The summed E-state index contributed by atoms with van der Waals surface area (Å²) in [6.45, 7) is 4.07. The van der Waals surface area contributed by atoms with Gasteiger partial charge in [0.05, 0.1) is 0 Å². The summed E-state index contributed by atoms with van der Waals surface area (Å²) in [5, 5.41) is 2.88. The van der Waals surface area contributed by atoms with Crippen LogP contribution in [0.5, 0.6) is 0 Å². The van der Waals surface area contributed by atoms with Crippen molar-refractivity contribution in [3.63, 3.8) is 0 Å². The van der Waals surface area contributed by atoms with Gasteiger partial charge in [-0.05, 0) is 0 Å². The number of ether oxygens (including phenoxy) is 2. The van der Waals surface area contributed by atoms with Gasteiger partial charge in [-0.3, -0.25) is 0 Å². The van der Waals surface area contributed by atoms with Gasteiger partial charge in [-0.1, -0.05) is 0 Å². The molecule has 0 saturated heterocycles. The molecule has 0 N–H and O–H groups in total. The zero-order chi connectivity index (χ0) is 14.3. The molecule has 0 aromatic carbocycles. The standard InChI is InChI=1S/2C7H13O2.Zn/c2*1-3-4-5-6-9-7(2)8;/h2*1,3-6H2,2H3;. The molecule has 0 atom stereocenters. The molecule has 0 fully saturated rings. The Morgan fingerprint density at radius 3 is 1.53 bits per heavy atom. The zero-order valence-electron chi connectivity index (χ0n) is 12.4. The molecule has 0 spiro atoms. The molecular weight excluding hydrogens is 298 g/mol. The summed E-state index contributed by atoms with van der Waals surface area (Å²) in [6, 6.07) is 0. The van der Waals surface area contributed by atoms with Crippen LogP contribution in [-0.4, -0.2) is 25.2 Å². The fourth-order valence-corrected chi connectivity index (χ4v) is 5.58. The Hall–Kier alpha value is -0.437. The third-order valence-corrected chi connectivity index (χ3v) is 7.10. The van der Waals surface area contributed by atoms with E-state index >= 15 is 0 Å². The van der Waals surface area contributed by atoms with Crippen LogP contribution in [0.4, 0.5) is 0 Å². The number of esters is 2. The van der Waals surface area contributed by atoms with Crippen molar-refractivity contribution in [1.29, 1.82) is 0 Å². The van der Waals surface area contributed by atoms with E-state index in [2.05, 4.69) is 0 Å². The second-order valence-electron chi connectivity index (χ2n) is 4.86. The molecule has 4 nitrogen and oxygen atoms in total. The molecule has 0 aromatic rings. The van der Waals surface area contributed by atoms with Crippen LogP contribution in [0.3, 0.4) is 0 Å². The Kier molecular flexibility index (Phi) is 13.7. The molecule has 0 radical (unpaired) electrons. The monoisotopic (exact) mass is 322 g/mol. The molecular formula is C14H26O4Zn. The number of hydrogen-bond acceptors (Lipinski definition) is 4. The van der Waals surface area contributed by atoms with Crippen LogP contribution >= 0.6 is 0 Å². The van der Waals surface area contributed by atoms with E-state index in [0.29, 0.717) is 13.2 Å². The van der Waals surface area contributed by atoms with E-state index in [1.807, 2.05) is 0 Å². The maximum atomic E-state index is 10.5. The van der Waals surface area contributed by atoms with Crippen molar-refractivity contribution < 1.29 is 36.2 Å². The zero-order valence-corrected chi connectivity index (χ0v) is 15.4. The number of carbonyl (C=O) groups excluding carboxylic acids is 2. The summed E-state index contributed by atoms with van der Waals surface area (Å²) in [7, 11) is 0. The van der Waals surface area contributed by atoms with Crippen LogP contribution in [0.2, 0.25) is 10.0 Å². The molecule has 0 rings (SSSR count). The Bertz CT molecular complexity index is 220. The fourth-order valence-electron chi connectivity index (χ4n) is 1.87. The quantitative estimate of drug-likeness (QED) is 0.314. The third kappa shape index (κ3) is 17.6. The SMILES string of the molecule is CC(=O)OCCCC[CH2][Zn][CH2]CCCCOC(C)=O. The van der Waals surface area contributed by atoms with Crippen LogP contribution in [0, 0.1) is 0 Å². The number of rotatable bonds is 12. The van der Waals surface area contributed by atoms with Gasteiger partial charge in [0.15, 0.2) is 0 Å². The first-order valence-corrected chi connectivity index (χ1v) is 11.6. The summed E-state index contributed by atoms with van der Waals surface area (Å²) in [5.74, 6) is -0.349. The van der Waals surface area contributed by atoms with E-state index in [1.165, 1.54) is 49.6 Å². The van der Waals surface area contributed by atoms with E-state index in [0.717, 1.165) is 12.8 Å². The minimum absolute atomic E-state index is 0.175. The van der Waals surface area contributed by atoms with Crippen LogP contribution < -0.4 is 0 Å². The summed E-state index contributed by atoms with van der Waals surface area (Å²) >= 11 is -0.313. The molecule has 0 aliphatic heterocycles. The molecule has 0 saturated carbocycles. The molecule has 0 bridgehead atoms. The van der Waals surface area contributed by atoms with Gasteiger partial charge in [0.25, 0.3) is 0 Å². The second-order valence-corrected chi connectivity index (χ2v) is 9.31. The first kappa shape index (κ1) is 18.6. The third-order valence-electron chi connectivity index (χ3n) is 2.90. The summed E-state index contributed by atoms with van der Waals surface area (Å²) < 4.78 is 9.76. The summed E-state index contributed by atoms with van der Waals surface area (Å²) in [5.41, 5.74) is 0. The average molecular weight is 324 g/mol. The molecule has 0 amide bonds. The predicted octanol–water partition coefficient (Wildman–Crippen LogP) is 3.37. The molecule has 0 aliphatic rings. The minimum atomic E-state index is -0.313. The Morgan fingerprint density at radius 1 is 0.737 bits per heavy atom. The number of hydrogen-bond donors (Lipinski definition) is 0. The summed E-state index contributed by atoms with van der Waals surface area (Å²) in [6.07, 6.45) is 6.98. The number of carbonyl (C=O) groups is 2. The summed E-state index contributed by atoms with van der Waals surface area (Å²) in [4.78, 5) is 21.0. The van der Waals surface area contributed by atoms with Gasteiger partial charge in [0.2, 0.25) is 0 Å². The van der Waals surface area contributed by atoms with Crippen molar-refractivity contribution >= 4 is 11.9 Å². The van der Waals surface area contributed by atoms with Gasteiger partial charge < -0.3 is 0 Å². The Labute approximate surface area is 124 Å². The van der Waals surface area contributed by atoms with Crippen molar-refractivity contribution in [3.05, 3.63) is 0 Å². The van der Waals surface area contributed by atoms with Crippen LogP contribution in [0.1, 0.15) is 52.4 Å². The topological polar surface area (TPSA) is 52.6 Å². The van der Waals surface area contributed by atoms with Gasteiger partial charge in [0, 0.05) is 0 Å². The van der Waals surface area contributed by atoms with Crippen molar-refractivity contribution in [2.45, 2.75) is 62.4 Å². The van der Waals surface area contributed by atoms with Gasteiger partial charge in [-0.25, -0.2) is 0 Å². The van der Waals surface area contributed by atoms with Crippen LogP contribution in [0.25, 0.3) is 0 Å². The van der Waals surface area contributed by atoms with Gasteiger partial charge in [0.1, 0.15) is 0 Å². The van der Waals surface area contributed by atoms with Gasteiger partial charge >= 0.3 is 124 Å². The van der Waals surface area contributed by atoms with Crippen molar-refractivity contribution in [2.24, 2.45) is 0 Å². The average Bonchev–Trinajstić information content (AvgIpc) is 2.34. The first-order valence-electron chi connectivity index (χ1n) is 7.39. The second kappa shape index (κ2) is 14.0. The molecule has 0 heterocycles. The number of unbranched alkanes of at least 4 members (excludes halogenated alkanes) is 4.